The quantitative estimate of drug-likeness (QED) is 0.145. The highest BCUT2D eigenvalue weighted by atomic mass is 16.8. The number of aliphatic hydroxyl groups excluding tert-OH is 5. The number of benzene rings is 1. The van der Waals surface area contributed by atoms with E-state index in [1.165, 1.54) is 0 Å². The van der Waals surface area contributed by atoms with Crippen molar-refractivity contribution in [3.8, 4) is 0 Å². The lowest BCUT2D eigenvalue weighted by Gasteiger charge is -2.39. The maximum absolute atomic E-state index is 14.0. The van der Waals surface area contributed by atoms with Gasteiger partial charge in [0.05, 0.1) is 25.4 Å². The van der Waals surface area contributed by atoms with Crippen molar-refractivity contribution < 1.29 is 63.6 Å². The summed E-state index contributed by atoms with van der Waals surface area (Å²) in [5.74, 6) is -1.57. The van der Waals surface area contributed by atoms with Crippen LogP contribution < -0.4 is 5.32 Å². The minimum atomic E-state index is -1.57. The molecular formula is C37H48N2O13. The van der Waals surface area contributed by atoms with Crippen LogP contribution in [0.15, 0.2) is 42.0 Å². The molecule has 52 heavy (non-hydrogen) atoms. The van der Waals surface area contributed by atoms with Crippen molar-refractivity contribution in [2.45, 2.75) is 106 Å². The lowest BCUT2D eigenvalue weighted by Crippen LogP contribution is -2.59. The smallest absolute Gasteiger partial charge is 0.339 e. The van der Waals surface area contributed by atoms with Gasteiger partial charge in [-0.05, 0) is 56.2 Å². The lowest BCUT2D eigenvalue weighted by atomic mass is 9.91. The van der Waals surface area contributed by atoms with Crippen molar-refractivity contribution in [2.24, 2.45) is 11.8 Å². The number of rotatable bonds is 13. The topological polar surface area (TPSA) is 214 Å². The van der Waals surface area contributed by atoms with Crippen LogP contribution in [0.3, 0.4) is 0 Å². The van der Waals surface area contributed by atoms with Gasteiger partial charge in [-0.3, -0.25) is 9.59 Å². The van der Waals surface area contributed by atoms with Crippen LogP contribution >= 0.6 is 0 Å². The van der Waals surface area contributed by atoms with Gasteiger partial charge < -0.3 is 59.4 Å². The molecule has 7 rings (SSSR count). The van der Waals surface area contributed by atoms with Crippen LogP contribution in [0.4, 0.5) is 0 Å². The van der Waals surface area contributed by atoms with Crippen molar-refractivity contribution in [3.63, 3.8) is 0 Å². The molecule has 0 radical (unpaired) electrons. The molecule has 0 bridgehead atoms. The molecule has 2 saturated carbocycles. The van der Waals surface area contributed by atoms with E-state index in [-0.39, 0.29) is 55.4 Å². The Kier molecular flexibility index (Phi) is 11.1. The number of amides is 2. The van der Waals surface area contributed by atoms with Gasteiger partial charge in [-0.1, -0.05) is 30.4 Å². The number of nitrogens with zero attached hydrogens (tertiary/aromatic N) is 1. The average molecular weight is 729 g/mol. The second kappa shape index (κ2) is 15.6. The molecule has 9 atom stereocenters. The molecule has 15 heteroatoms. The van der Waals surface area contributed by atoms with Crippen molar-refractivity contribution in [1.82, 2.24) is 10.2 Å². The highest BCUT2D eigenvalue weighted by Crippen LogP contribution is 2.59. The Balaban J connectivity index is 1.07. The lowest BCUT2D eigenvalue weighted by molar-refractivity contribution is -0.298. The molecule has 2 amide bonds. The van der Waals surface area contributed by atoms with E-state index in [2.05, 4.69) is 5.32 Å². The van der Waals surface area contributed by atoms with Crippen molar-refractivity contribution in [1.29, 1.82) is 0 Å². The van der Waals surface area contributed by atoms with E-state index in [9.17, 15) is 39.9 Å². The van der Waals surface area contributed by atoms with Gasteiger partial charge in [0.1, 0.15) is 48.8 Å². The van der Waals surface area contributed by atoms with Crippen molar-refractivity contribution in [3.05, 3.63) is 53.1 Å². The van der Waals surface area contributed by atoms with Crippen molar-refractivity contribution >= 4 is 23.9 Å². The fourth-order valence-corrected chi connectivity index (χ4v) is 7.88. The van der Waals surface area contributed by atoms with Gasteiger partial charge in [-0.25, -0.2) is 4.79 Å². The van der Waals surface area contributed by atoms with Gasteiger partial charge in [-0.2, -0.15) is 0 Å². The van der Waals surface area contributed by atoms with Gasteiger partial charge in [0, 0.05) is 36.9 Å². The number of fused-ring (bicyclic) bond motifs is 1. The number of ether oxygens (including phenoxy) is 5. The molecule has 3 aliphatic heterocycles. The molecule has 15 nitrogen and oxygen atoms in total. The molecule has 5 fully saturated rings. The number of nitrogens with one attached hydrogen (secondary N) is 1. The highest BCUT2D eigenvalue weighted by Gasteiger charge is 2.64. The summed E-state index contributed by atoms with van der Waals surface area (Å²) in [6.07, 6.45) is 1.05. The maximum Gasteiger partial charge on any atom is 0.339 e. The minimum absolute atomic E-state index is 0.0763. The largest absolute Gasteiger partial charge is 0.456 e. The Hall–Kier alpha value is -3.25. The summed E-state index contributed by atoms with van der Waals surface area (Å²) in [6.45, 7) is -0.384. The van der Waals surface area contributed by atoms with Gasteiger partial charge in [-0.15, -0.1) is 0 Å². The van der Waals surface area contributed by atoms with E-state index in [0.717, 1.165) is 25.7 Å². The van der Waals surface area contributed by atoms with Crippen LogP contribution in [-0.4, -0.2) is 142 Å². The summed E-state index contributed by atoms with van der Waals surface area (Å²) in [4.78, 5) is 42.4. The summed E-state index contributed by atoms with van der Waals surface area (Å²) in [7, 11) is 0. The van der Waals surface area contributed by atoms with E-state index in [1.807, 2.05) is 0 Å². The second-order valence-electron chi connectivity index (χ2n) is 14.5. The van der Waals surface area contributed by atoms with Crippen LogP contribution in [0.1, 0.15) is 60.9 Å². The SMILES string of the molecule is O=C(O[C@@H]1CC(C(=O)N2CCC[C@@H]2C(=O)NCCO)=C[C@H]2OC(C3CC3)(C3CC3)O[C@H]21)c1ccccc1C=CCO[C@H]1O[C@H](CO)[C@H](O)[C@H](O)[C@H]1O. The summed E-state index contributed by atoms with van der Waals surface area (Å²) < 4.78 is 30.6. The monoisotopic (exact) mass is 728 g/mol. The average Bonchev–Trinajstić information content (AvgIpc) is 4.10. The molecule has 6 aliphatic rings. The first-order valence-corrected chi connectivity index (χ1v) is 18.3. The van der Waals surface area contributed by atoms with E-state index >= 15 is 0 Å². The molecule has 1 aromatic carbocycles. The molecule has 0 spiro atoms. The third-order valence-corrected chi connectivity index (χ3v) is 10.9. The molecule has 3 saturated heterocycles. The van der Waals surface area contributed by atoms with Crippen LogP contribution in [0, 0.1) is 11.8 Å². The van der Waals surface area contributed by atoms with Gasteiger partial charge in [0.25, 0.3) is 0 Å². The standard InChI is InChI=1S/C37H48N2O13/c40-15-13-38-33(45)25-8-3-14-39(25)34(46)21-17-26(32-27(18-21)51-37(52-32,22-9-10-22)23-11-12-23)49-35(47)24-7-2-1-5-20(24)6-4-16-48-36-31(44)30(43)29(42)28(19-41)50-36/h1-2,4-7,18,22-23,25-32,36,40-44H,3,8-17,19H2,(H,38,45)/t25-,26-,27-,28-,29+,30+,31-,32+,36+/m1/s1. The van der Waals surface area contributed by atoms with Crippen LogP contribution in [0.2, 0.25) is 0 Å². The Bertz CT molecular complexity index is 1530. The zero-order chi connectivity index (χ0) is 36.6. The second-order valence-corrected chi connectivity index (χ2v) is 14.5. The summed E-state index contributed by atoms with van der Waals surface area (Å²) in [5, 5.41) is 51.6. The van der Waals surface area contributed by atoms with E-state index in [0.29, 0.717) is 30.5 Å². The third kappa shape index (κ3) is 7.43. The normalized spacial score (nSPS) is 34.2. The first-order chi connectivity index (χ1) is 25.1. The van der Waals surface area contributed by atoms with E-state index in [1.54, 1.807) is 47.4 Å². The molecule has 3 aliphatic carbocycles. The number of likely N-dealkylation sites (tertiary alicyclic amines) is 1. The number of hydrogen-bond acceptors (Lipinski definition) is 13. The van der Waals surface area contributed by atoms with E-state index < -0.39 is 73.4 Å². The predicted molar refractivity (Wildman–Crippen MR) is 180 cm³/mol. The van der Waals surface area contributed by atoms with Crippen LogP contribution in [0.5, 0.6) is 0 Å². The van der Waals surface area contributed by atoms with Gasteiger partial charge in [0.15, 0.2) is 12.1 Å². The zero-order valence-corrected chi connectivity index (χ0v) is 28.8. The first kappa shape index (κ1) is 37.1. The molecule has 3 heterocycles. The molecule has 1 aromatic rings. The molecule has 6 N–H and O–H groups in total. The Labute approximate surface area is 301 Å². The number of aliphatic hydroxyl groups is 5. The maximum atomic E-state index is 14.0. The minimum Gasteiger partial charge on any atom is -0.456 e. The fourth-order valence-electron chi connectivity index (χ4n) is 7.88. The van der Waals surface area contributed by atoms with E-state index in [4.69, 9.17) is 23.7 Å². The Morgan fingerprint density at radius 2 is 1.73 bits per heavy atom. The number of carbonyl (C=O) groups excluding carboxylic acids is 3. The Morgan fingerprint density at radius 1 is 0.981 bits per heavy atom. The number of esters is 1. The fraction of sp³-hybridized carbons (Fsp3) is 0.649. The predicted octanol–water partition coefficient (Wildman–Crippen LogP) is -0.228. The summed E-state index contributed by atoms with van der Waals surface area (Å²) in [6, 6.07) is 6.12. The first-order valence-electron chi connectivity index (χ1n) is 18.3. The number of hydrogen-bond donors (Lipinski definition) is 6. The third-order valence-electron chi connectivity index (χ3n) is 10.9. The zero-order valence-electron chi connectivity index (χ0n) is 28.8. The molecule has 284 valence electrons. The van der Waals surface area contributed by atoms with Crippen LogP contribution in [0.25, 0.3) is 6.08 Å². The highest BCUT2D eigenvalue weighted by molar-refractivity contribution is 5.98. The molecular weight excluding hydrogens is 680 g/mol. The summed E-state index contributed by atoms with van der Waals surface area (Å²) in [5.41, 5.74) is 1.15. The van der Waals surface area contributed by atoms with Crippen LogP contribution in [-0.2, 0) is 33.3 Å². The number of carbonyl (C=O) groups is 3. The van der Waals surface area contributed by atoms with Gasteiger partial charge >= 0.3 is 5.97 Å². The van der Waals surface area contributed by atoms with Crippen molar-refractivity contribution in [2.75, 3.05) is 32.9 Å². The summed E-state index contributed by atoms with van der Waals surface area (Å²) >= 11 is 0. The Morgan fingerprint density at radius 3 is 2.44 bits per heavy atom. The molecule has 0 aromatic heterocycles. The van der Waals surface area contributed by atoms with Gasteiger partial charge in [0.2, 0.25) is 11.8 Å². The molecule has 0 unspecified atom stereocenters.